The van der Waals surface area contributed by atoms with Gasteiger partial charge < -0.3 is 78.8 Å². The number of fused-ring (bicyclic) bond motifs is 4. The van der Waals surface area contributed by atoms with Crippen LogP contribution in [0.1, 0.15) is 147 Å². The van der Waals surface area contributed by atoms with Crippen molar-refractivity contribution >= 4 is 151 Å². The van der Waals surface area contributed by atoms with E-state index in [4.69, 9.17) is 57.4 Å². The van der Waals surface area contributed by atoms with Gasteiger partial charge in [0.25, 0.3) is 17.7 Å². The number of nitrogens with zero attached hydrogens (tertiary/aromatic N) is 4. The predicted octanol–water partition coefficient (Wildman–Crippen LogP) is 11.1. The van der Waals surface area contributed by atoms with E-state index < -0.39 is 19.1 Å². The number of allylic oxidation sites excluding steroid dienone is 4. The van der Waals surface area contributed by atoms with Gasteiger partial charge in [-0.25, -0.2) is 24.7 Å². The summed E-state index contributed by atoms with van der Waals surface area (Å²) in [5.41, 5.74) is 43.4. The third-order valence-corrected chi connectivity index (χ3v) is 20.6. The number of nitrogen functional groups attached to an aromatic ring is 1. The van der Waals surface area contributed by atoms with E-state index >= 15 is 0 Å². The standard InChI is InChI=1S/C26H25N3O3.C24H21N3O3.C19H17BrN2O3.C10H13NO2.C9H6BrNO2.C7H10BNO2.ClH.Li.H2O/c1-2-32-25(30)14-19-8-3-4-11-22(19)29-26(31)24-15-21(20-10-6-12-23(20)28-24)18-9-5-7-17(13-18)16-27;25-14-15-5-3-7-16(11-15)19-13-22(26-21-10-4-8-18(19)21)24(30)27-20-9-2-1-6-17(20)12-23(28)29;1-2-25-18(23)10-12-6-3-4-8-15(12)22-19(24)17-11-14(20)13-7-5-9-16(13)21-17;1-2-13-10(12)7-8-5-3-4-6-9(8)11;10-6-4-8(9(12)13)11-7-3-1-2-5(6)7;9-5-6-2-1-3-7(4-6)8(10)11;;;/h3-11,13,15H,2,12,14,16,27H2,1H3,(H,29,31);1-9,11,13H,10,12,14,25H2,(H,27,30)(H,28,29);3-8,11H,2,9-10H2,1H3,(H,22,24);3-6H,2,7,11H2,1H3;1-2,4H,3H2,(H,12,13);1-4,10-11H,5,9H2;1H;;1H2/q;;;;;;;+1;/p-1. The van der Waals surface area contributed by atoms with E-state index in [-0.39, 0.29) is 109 Å². The maximum atomic E-state index is 13.2. The Bertz CT molecular complexity index is 5920. The number of carboxylic acids is 2. The minimum atomic E-state index is -1.40. The third kappa shape index (κ3) is 28.9. The maximum absolute atomic E-state index is 13.2. The van der Waals surface area contributed by atoms with Crippen LogP contribution in [0.4, 0.5) is 22.7 Å². The molecule has 32 heteroatoms. The molecule has 0 aliphatic heterocycles. The molecule has 4 aromatic heterocycles. The second kappa shape index (κ2) is 50.5. The monoisotopic (exact) mass is 1860 g/mol. The van der Waals surface area contributed by atoms with E-state index in [1.807, 2.05) is 146 Å². The smallest absolute Gasteiger partial charge is 0.870 e. The first-order valence-electron chi connectivity index (χ1n) is 39.7. The summed E-state index contributed by atoms with van der Waals surface area (Å²) in [6.07, 6.45) is 19.1. The molecule has 4 aliphatic carbocycles. The Kier molecular flexibility index (Phi) is 40.3. The van der Waals surface area contributed by atoms with Gasteiger partial charge in [-0.05, 0) is 148 Å². The number of aromatic nitrogens is 4. The summed E-state index contributed by atoms with van der Waals surface area (Å²) < 4.78 is 16.5. The number of carbonyl (C=O) groups excluding carboxylic acids is 6. The van der Waals surface area contributed by atoms with Gasteiger partial charge in [-0.1, -0.05) is 214 Å². The van der Waals surface area contributed by atoms with Crippen molar-refractivity contribution in [1.82, 2.24) is 19.9 Å². The Morgan fingerprint density at radius 1 is 0.409 bits per heavy atom. The van der Waals surface area contributed by atoms with Crippen LogP contribution < -0.4 is 63.2 Å². The number of aromatic carboxylic acids is 1. The molecule has 0 unspecified atom stereocenters. The Hall–Kier alpha value is -12.7. The molecule has 127 heavy (non-hydrogen) atoms. The first-order chi connectivity index (χ1) is 59.9. The second-order valence-corrected chi connectivity index (χ2v) is 29.7. The van der Waals surface area contributed by atoms with Gasteiger partial charge in [0.2, 0.25) is 0 Å². The number of anilines is 4. The van der Waals surface area contributed by atoms with E-state index in [1.54, 1.807) is 112 Å². The number of aliphatic carboxylic acids is 1. The SMILES string of the molecule is CCOC(=O)Cc1ccccc1N.CCOC(=O)Cc1ccccc1NC(=O)c1cc(-c2cccc(CN)c2)c2c(n1)CC=C2.CCOC(=O)Cc1ccccc1NC(=O)c1cc(Br)c2c(n1)CC=C2.Cl.NCc1cccc(-c2cc(C(=O)Nc3ccccc3CC(=O)O)nc3c2C=CC3)c1.NCc1cccc(B(O)O)c1.O=C(O)c1cc(Br)c2c(n1)CC=C2.[Li+].[OH-]. The number of hydrogen-bond acceptors (Lipinski definition) is 22. The number of carbonyl (C=O) groups is 8. The largest absolute Gasteiger partial charge is 1.00 e. The molecular formula is C95H94BBr2ClLiN11O16. The molecule has 3 amide bonds. The second-order valence-electron chi connectivity index (χ2n) is 27.9. The summed E-state index contributed by atoms with van der Waals surface area (Å²) in [6, 6.07) is 58.2. The molecule has 0 saturated heterocycles. The number of hydrogen-bond donors (Lipinski definition) is 11. The van der Waals surface area contributed by atoms with Crippen LogP contribution in [-0.2, 0) is 104 Å². The fourth-order valence-electron chi connectivity index (χ4n) is 13.3. The predicted molar refractivity (Wildman–Crippen MR) is 497 cm³/mol. The van der Waals surface area contributed by atoms with Crippen LogP contribution in [0.2, 0.25) is 0 Å². The zero-order valence-corrected chi connectivity index (χ0v) is 74.0. The van der Waals surface area contributed by atoms with Crippen molar-refractivity contribution in [2.45, 2.75) is 91.8 Å². The summed E-state index contributed by atoms with van der Waals surface area (Å²) in [4.78, 5) is 113. The molecule has 27 nitrogen and oxygen atoms in total. The average molecular weight is 1860 g/mol. The van der Waals surface area contributed by atoms with Crippen LogP contribution in [0.3, 0.4) is 0 Å². The topological polar surface area (TPSA) is 467 Å². The molecule has 0 radical (unpaired) electrons. The molecule has 0 saturated carbocycles. The van der Waals surface area contributed by atoms with Crippen LogP contribution in [0.25, 0.3) is 46.6 Å². The number of esters is 3. The molecule has 0 fully saturated rings. The number of benzene rings is 7. The molecule has 0 bridgehead atoms. The van der Waals surface area contributed by atoms with E-state index in [0.29, 0.717) is 115 Å². The van der Waals surface area contributed by atoms with Gasteiger partial charge in [-0.2, -0.15) is 0 Å². The van der Waals surface area contributed by atoms with Gasteiger partial charge >= 0.3 is 55.8 Å². The zero-order valence-electron chi connectivity index (χ0n) is 70.1. The van der Waals surface area contributed by atoms with Crippen LogP contribution in [0, 0.1) is 0 Å². The number of ether oxygens (including phenoxy) is 3. The molecule has 4 aliphatic rings. The number of nitrogens with two attached hydrogens (primary N) is 4. The van der Waals surface area contributed by atoms with Crippen molar-refractivity contribution in [3.05, 3.63) is 334 Å². The van der Waals surface area contributed by atoms with Crippen molar-refractivity contribution in [3.8, 4) is 22.3 Å². The van der Waals surface area contributed by atoms with E-state index in [0.717, 1.165) is 105 Å². The fourth-order valence-corrected chi connectivity index (χ4v) is 14.5. The molecule has 650 valence electrons. The number of amides is 3. The molecule has 0 atom stereocenters. The number of pyridine rings is 4. The van der Waals surface area contributed by atoms with Gasteiger partial charge in [0.15, 0.2) is 0 Å². The van der Waals surface area contributed by atoms with Gasteiger partial charge in [0, 0.05) is 99.3 Å². The molecule has 11 aromatic rings. The van der Waals surface area contributed by atoms with E-state index in [9.17, 15) is 38.4 Å². The molecule has 15 rings (SSSR count). The molecule has 4 heterocycles. The van der Waals surface area contributed by atoms with Crippen molar-refractivity contribution in [2.24, 2.45) is 17.2 Å². The number of para-hydroxylation sites is 4. The molecule has 0 spiro atoms. The molecule has 7 aromatic carbocycles. The number of halogens is 3. The van der Waals surface area contributed by atoms with Crippen molar-refractivity contribution in [1.29, 1.82) is 0 Å². The summed E-state index contributed by atoms with van der Waals surface area (Å²) in [7, 11) is -1.40. The van der Waals surface area contributed by atoms with E-state index in [2.05, 4.69) is 67.7 Å². The number of nitrogens with one attached hydrogen (secondary N) is 3. The first-order valence-corrected chi connectivity index (χ1v) is 41.3. The number of carboxylic acid groups (broad SMARTS) is 2. The Morgan fingerprint density at radius 2 is 0.732 bits per heavy atom. The Balaban J connectivity index is 0.000000217. The van der Waals surface area contributed by atoms with Crippen LogP contribution >= 0.6 is 44.3 Å². The minimum absolute atomic E-state index is 0. The van der Waals surface area contributed by atoms with Crippen molar-refractivity contribution in [3.63, 3.8) is 0 Å². The number of rotatable bonds is 24. The Labute approximate surface area is 770 Å². The summed E-state index contributed by atoms with van der Waals surface area (Å²) in [6.45, 7) is 7.66. The summed E-state index contributed by atoms with van der Waals surface area (Å²) in [5, 5.41) is 43.9. The first kappa shape index (κ1) is 101. The van der Waals surface area contributed by atoms with Crippen LogP contribution in [0.5, 0.6) is 0 Å². The summed E-state index contributed by atoms with van der Waals surface area (Å²) in [5.74, 6) is -3.86. The quantitative estimate of drug-likeness (QED) is 0.0116. The third-order valence-electron chi connectivity index (χ3n) is 19.3. The minimum Gasteiger partial charge on any atom is -0.870 e. The zero-order chi connectivity index (χ0) is 88.8. The average Bonchev–Trinajstić information content (AvgIpc) is 1.68. The normalized spacial score (nSPS) is 11.3. The van der Waals surface area contributed by atoms with Crippen LogP contribution in [0.15, 0.2) is 227 Å². The molecule has 16 N–H and O–H groups in total. The van der Waals surface area contributed by atoms with Crippen molar-refractivity contribution in [2.75, 3.05) is 41.5 Å². The van der Waals surface area contributed by atoms with Gasteiger partial charge in [-0.3, -0.25) is 33.6 Å². The Morgan fingerprint density at radius 3 is 1.10 bits per heavy atom. The van der Waals surface area contributed by atoms with E-state index in [1.165, 1.54) is 6.07 Å². The van der Waals surface area contributed by atoms with Gasteiger partial charge in [-0.15, -0.1) is 12.4 Å². The van der Waals surface area contributed by atoms with Gasteiger partial charge in [0.05, 0.1) is 68.3 Å². The van der Waals surface area contributed by atoms with Crippen molar-refractivity contribution < 1.29 is 97.2 Å². The van der Waals surface area contributed by atoms with Crippen LogP contribution in [-0.4, -0.2) is 120 Å². The maximum Gasteiger partial charge on any atom is 1.00 e. The molecular weight excluding hydrogens is 1760 g/mol. The fraction of sp³-hybridized carbons (Fsp3) is 0.179. The van der Waals surface area contributed by atoms with Gasteiger partial charge in [0.1, 0.15) is 22.8 Å². The summed E-state index contributed by atoms with van der Waals surface area (Å²) >= 11 is 6.80.